The molecule has 36 heavy (non-hydrogen) atoms. The Morgan fingerprint density at radius 1 is 0.917 bits per heavy atom. The molecule has 0 radical (unpaired) electrons. The van der Waals surface area contributed by atoms with E-state index in [4.69, 9.17) is 0 Å². The lowest BCUT2D eigenvalue weighted by Crippen LogP contribution is -2.81. The SMILES string of the molecule is C#C.C#C.C1CCCCC1.CC(=O)N(C)Cc1cc(C)ccc1[C@@H]1C[NH2+]CC1C(=O)N1CCCCC1. The first-order valence-corrected chi connectivity index (χ1v) is 13.6. The van der Waals surface area contributed by atoms with Gasteiger partial charge < -0.3 is 15.1 Å². The van der Waals surface area contributed by atoms with Gasteiger partial charge in [0.1, 0.15) is 0 Å². The lowest BCUT2D eigenvalue weighted by atomic mass is 9.84. The van der Waals surface area contributed by atoms with E-state index in [9.17, 15) is 9.59 Å². The normalized spacial score (nSPS) is 20.8. The fraction of sp³-hybridized carbons (Fsp3) is 0.613. The molecule has 1 aromatic rings. The average Bonchev–Trinajstić information content (AvgIpc) is 3.42. The molecule has 0 bridgehead atoms. The van der Waals surface area contributed by atoms with Crippen molar-refractivity contribution in [3.63, 3.8) is 0 Å². The van der Waals surface area contributed by atoms with Gasteiger partial charge in [0.2, 0.25) is 11.8 Å². The fourth-order valence-electron chi connectivity index (χ4n) is 5.41. The first-order chi connectivity index (χ1) is 17.5. The van der Waals surface area contributed by atoms with Crippen LogP contribution < -0.4 is 5.32 Å². The first kappa shape index (κ1) is 31.3. The minimum Gasteiger partial charge on any atom is -0.345 e. The molecule has 2 amide bonds. The number of amides is 2. The molecule has 1 saturated carbocycles. The second-order valence-corrected chi connectivity index (χ2v) is 10.1. The molecule has 5 nitrogen and oxygen atoms in total. The van der Waals surface area contributed by atoms with E-state index in [0.717, 1.165) is 39.0 Å². The molecule has 198 valence electrons. The highest BCUT2D eigenvalue weighted by molar-refractivity contribution is 5.80. The summed E-state index contributed by atoms with van der Waals surface area (Å²) in [4.78, 5) is 28.7. The van der Waals surface area contributed by atoms with Crippen molar-refractivity contribution in [2.45, 2.75) is 84.1 Å². The molecule has 0 aromatic heterocycles. The maximum atomic E-state index is 13.1. The zero-order chi connectivity index (χ0) is 26.9. The summed E-state index contributed by atoms with van der Waals surface area (Å²) in [5.74, 6) is 0.684. The summed E-state index contributed by atoms with van der Waals surface area (Å²) in [6.07, 6.45) is 28.5. The second-order valence-electron chi connectivity index (χ2n) is 10.1. The second kappa shape index (κ2) is 17.6. The molecule has 2 heterocycles. The Kier molecular flexibility index (Phi) is 15.3. The van der Waals surface area contributed by atoms with Crippen LogP contribution in [0.4, 0.5) is 0 Å². The van der Waals surface area contributed by atoms with Crippen molar-refractivity contribution in [3.8, 4) is 25.7 Å². The van der Waals surface area contributed by atoms with Gasteiger partial charge in [-0.3, -0.25) is 9.59 Å². The Morgan fingerprint density at radius 2 is 1.44 bits per heavy atom. The molecule has 0 spiro atoms. The van der Waals surface area contributed by atoms with Gasteiger partial charge >= 0.3 is 0 Å². The van der Waals surface area contributed by atoms with Crippen LogP contribution in [0.15, 0.2) is 18.2 Å². The fourth-order valence-corrected chi connectivity index (χ4v) is 5.41. The van der Waals surface area contributed by atoms with E-state index in [2.05, 4.69) is 61.0 Å². The number of aryl methyl sites for hydroxylation is 1. The van der Waals surface area contributed by atoms with Crippen LogP contribution >= 0.6 is 0 Å². The van der Waals surface area contributed by atoms with Crippen LogP contribution in [0, 0.1) is 38.5 Å². The molecule has 1 unspecified atom stereocenters. The minimum absolute atomic E-state index is 0.0530. The molecule has 2 saturated heterocycles. The van der Waals surface area contributed by atoms with Crippen molar-refractivity contribution in [2.75, 3.05) is 33.2 Å². The van der Waals surface area contributed by atoms with Crippen LogP contribution in [-0.4, -0.2) is 54.8 Å². The van der Waals surface area contributed by atoms with Gasteiger partial charge in [0.15, 0.2) is 0 Å². The molecule has 1 aliphatic carbocycles. The number of piperidine rings is 1. The first-order valence-electron chi connectivity index (χ1n) is 13.6. The lowest BCUT2D eigenvalue weighted by molar-refractivity contribution is -0.638. The average molecular weight is 495 g/mol. The number of hydrogen-bond donors (Lipinski definition) is 1. The molecule has 2 aliphatic heterocycles. The van der Waals surface area contributed by atoms with Gasteiger partial charge in [0.25, 0.3) is 0 Å². The van der Waals surface area contributed by atoms with Crippen LogP contribution in [-0.2, 0) is 16.1 Å². The summed E-state index contributed by atoms with van der Waals surface area (Å²) in [5.41, 5.74) is 3.62. The Hall–Kier alpha value is -2.76. The molecular weight excluding hydrogens is 446 g/mol. The van der Waals surface area contributed by atoms with Gasteiger partial charge in [-0.25, -0.2) is 0 Å². The van der Waals surface area contributed by atoms with E-state index in [1.807, 2.05) is 7.05 Å². The number of nitrogens with zero attached hydrogens (tertiary/aromatic N) is 2. The van der Waals surface area contributed by atoms with Crippen molar-refractivity contribution >= 4 is 11.8 Å². The Bertz CT molecular complexity index is 817. The summed E-state index contributed by atoms with van der Waals surface area (Å²) in [6, 6.07) is 6.49. The predicted octanol–water partition coefficient (Wildman–Crippen LogP) is 4.10. The highest BCUT2D eigenvalue weighted by Gasteiger charge is 2.40. The molecule has 4 rings (SSSR count). The van der Waals surface area contributed by atoms with E-state index in [0.29, 0.717) is 12.5 Å². The topological polar surface area (TPSA) is 57.2 Å². The zero-order valence-corrected chi connectivity index (χ0v) is 22.9. The van der Waals surface area contributed by atoms with Crippen LogP contribution in [0.25, 0.3) is 0 Å². The summed E-state index contributed by atoms with van der Waals surface area (Å²) < 4.78 is 0. The Balaban J connectivity index is 0.000000551. The summed E-state index contributed by atoms with van der Waals surface area (Å²) in [6.45, 7) is 7.93. The van der Waals surface area contributed by atoms with Gasteiger partial charge in [-0.05, 0) is 37.3 Å². The van der Waals surface area contributed by atoms with E-state index < -0.39 is 0 Å². The Morgan fingerprint density at radius 3 is 1.97 bits per heavy atom. The monoisotopic (exact) mass is 494 g/mol. The van der Waals surface area contributed by atoms with Crippen molar-refractivity contribution < 1.29 is 14.9 Å². The molecule has 3 aliphatic rings. The van der Waals surface area contributed by atoms with Crippen LogP contribution in [0.1, 0.15) is 87.3 Å². The lowest BCUT2D eigenvalue weighted by Gasteiger charge is -2.30. The van der Waals surface area contributed by atoms with Gasteiger partial charge in [0, 0.05) is 33.6 Å². The number of benzene rings is 1. The summed E-state index contributed by atoms with van der Waals surface area (Å²) in [7, 11) is 1.84. The number of carbonyl (C=O) groups excluding carboxylic acids is 2. The number of quaternary nitrogens is 1. The van der Waals surface area contributed by atoms with E-state index in [1.54, 1.807) is 11.8 Å². The largest absolute Gasteiger partial charge is 0.345 e. The van der Waals surface area contributed by atoms with E-state index >= 15 is 0 Å². The highest BCUT2D eigenvalue weighted by atomic mass is 16.2. The Labute approximate surface area is 220 Å². The summed E-state index contributed by atoms with van der Waals surface area (Å²) in [5, 5.41) is 2.27. The molecule has 5 heteroatoms. The number of likely N-dealkylation sites (tertiary alicyclic amines) is 1. The quantitative estimate of drug-likeness (QED) is 0.641. The van der Waals surface area contributed by atoms with E-state index in [-0.39, 0.29) is 17.7 Å². The zero-order valence-electron chi connectivity index (χ0n) is 22.9. The number of rotatable bonds is 4. The van der Waals surface area contributed by atoms with E-state index in [1.165, 1.54) is 61.6 Å². The minimum atomic E-state index is 0.0530. The standard InChI is InChI=1S/C21H31N3O2.C6H12.2C2H2/c1-15-7-8-18(17(11-15)14-23(3)16(2)25)19-12-22-13-20(19)21(26)24-9-5-4-6-10-24;1-2-4-6-5-3-1;2*1-2/h7-8,11,19-20,22H,4-6,9-10,12-14H2,1-3H3;1-6H2;2*1-2H/p+1/t19-,20?;;;/m0.../s1. The van der Waals surface area contributed by atoms with Crippen LogP contribution in [0.5, 0.6) is 0 Å². The summed E-state index contributed by atoms with van der Waals surface area (Å²) >= 11 is 0. The van der Waals surface area contributed by atoms with Crippen molar-refractivity contribution in [1.29, 1.82) is 0 Å². The molecule has 2 N–H and O–H groups in total. The molecular formula is C31H48N3O2+. The third-order valence-electron chi connectivity index (χ3n) is 7.45. The highest BCUT2D eigenvalue weighted by Crippen LogP contribution is 2.31. The smallest absolute Gasteiger partial charge is 0.232 e. The maximum Gasteiger partial charge on any atom is 0.232 e. The maximum absolute atomic E-state index is 13.1. The van der Waals surface area contributed by atoms with Gasteiger partial charge in [0.05, 0.1) is 24.9 Å². The number of carbonyl (C=O) groups is 2. The third-order valence-corrected chi connectivity index (χ3v) is 7.45. The van der Waals surface area contributed by atoms with Crippen LogP contribution in [0.3, 0.4) is 0 Å². The number of hydrogen-bond acceptors (Lipinski definition) is 2. The van der Waals surface area contributed by atoms with Crippen LogP contribution in [0.2, 0.25) is 0 Å². The molecule has 1 aromatic carbocycles. The van der Waals surface area contributed by atoms with Crippen molar-refractivity contribution in [3.05, 3.63) is 34.9 Å². The van der Waals surface area contributed by atoms with Gasteiger partial charge in [-0.15, -0.1) is 25.7 Å². The van der Waals surface area contributed by atoms with Gasteiger partial charge in [-0.1, -0.05) is 62.3 Å². The predicted molar refractivity (Wildman–Crippen MR) is 149 cm³/mol. The number of terminal acetylenes is 2. The van der Waals surface area contributed by atoms with Crippen molar-refractivity contribution in [2.24, 2.45) is 5.92 Å². The van der Waals surface area contributed by atoms with Crippen molar-refractivity contribution in [1.82, 2.24) is 9.80 Å². The third kappa shape index (κ3) is 9.71. The molecule has 2 atom stereocenters. The number of nitrogens with two attached hydrogens (primary N) is 1. The van der Waals surface area contributed by atoms with Gasteiger partial charge in [-0.2, -0.15) is 0 Å². The molecule has 3 fully saturated rings.